The van der Waals surface area contributed by atoms with E-state index >= 15 is 0 Å². The van der Waals surface area contributed by atoms with Crippen LogP contribution in [0.25, 0.3) is 0 Å². The van der Waals surface area contributed by atoms with Gasteiger partial charge < -0.3 is 10.2 Å². The summed E-state index contributed by atoms with van der Waals surface area (Å²) in [7, 11) is 0. The third-order valence-corrected chi connectivity index (χ3v) is 4.49. The molecule has 1 aromatic heterocycles. The van der Waals surface area contributed by atoms with E-state index in [2.05, 4.69) is 15.6 Å². The van der Waals surface area contributed by atoms with Gasteiger partial charge in [-0.25, -0.2) is 0 Å². The second-order valence-corrected chi connectivity index (χ2v) is 6.16. The van der Waals surface area contributed by atoms with E-state index < -0.39 is 6.10 Å². The van der Waals surface area contributed by atoms with E-state index in [9.17, 15) is 4.79 Å². The maximum Gasteiger partial charge on any atom is 0.264 e. The maximum absolute atomic E-state index is 12.3. The van der Waals surface area contributed by atoms with Crippen molar-refractivity contribution in [3.8, 4) is 0 Å². The van der Waals surface area contributed by atoms with Crippen molar-refractivity contribution in [3.05, 3.63) is 17.5 Å². The van der Waals surface area contributed by atoms with Gasteiger partial charge in [0.1, 0.15) is 0 Å². The van der Waals surface area contributed by atoms with Gasteiger partial charge in [-0.15, -0.1) is 0 Å². The number of oxime groups is 1. The highest BCUT2D eigenvalue weighted by Gasteiger charge is 2.31. The molecular weight excluding hydrogens is 280 g/mol. The monoisotopic (exact) mass is 304 g/mol. The van der Waals surface area contributed by atoms with Crippen LogP contribution >= 0.6 is 0 Å². The molecule has 22 heavy (non-hydrogen) atoms. The van der Waals surface area contributed by atoms with E-state index in [-0.39, 0.29) is 5.91 Å². The summed E-state index contributed by atoms with van der Waals surface area (Å²) in [4.78, 5) is 17.7. The average molecular weight is 304 g/mol. The highest BCUT2D eigenvalue weighted by Crippen LogP contribution is 2.21. The number of carbonyl (C=O) groups excluding carboxylic acids is 1. The molecule has 0 aromatic carbocycles. The van der Waals surface area contributed by atoms with Crippen molar-refractivity contribution in [2.24, 2.45) is 5.16 Å². The molecule has 6 heteroatoms. The SMILES string of the molecule is CCn1cc(C2=NOC(C(=O)NC3CCCCC3)C2)c(C)n1. The Morgan fingerprint density at radius 3 is 2.86 bits per heavy atom. The molecule has 0 radical (unpaired) electrons. The zero-order valence-corrected chi connectivity index (χ0v) is 13.3. The fourth-order valence-corrected chi connectivity index (χ4v) is 3.18. The Morgan fingerprint density at radius 1 is 1.41 bits per heavy atom. The first-order chi connectivity index (χ1) is 10.7. The predicted octanol–water partition coefficient (Wildman–Crippen LogP) is 2.15. The van der Waals surface area contributed by atoms with Crippen LogP contribution in [0.3, 0.4) is 0 Å². The van der Waals surface area contributed by atoms with Gasteiger partial charge >= 0.3 is 0 Å². The van der Waals surface area contributed by atoms with Gasteiger partial charge in [0.05, 0.1) is 11.4 Å². The fraction of sp³-hybridized carbons (Fsp3) is 0.688. The quantitative estimate of drug-likeness (QED) is 0.926. The molecule has 0 bridgehead atoms. The Bertz CT molecular complexity index is 573. The summed E-state index contributed by atoms with van der Waals surface area (Å²) in [5.74, 6) is -0.0359. The molecule has 120 valence electrons. The lowest BCUT2D eigenvalue weighted by Gasteiger charge is -2.23. The highest BCUT2D eigenvalue weighted by molar-refractivity contribution is 6.04. The Labute approximate surface area is 130 Å². The van der Waals surface area contributed by atoms with Gasteiger partial charge in [-0.05, 0) is 26.7 Å². The lowest BCUT2D eigenvalue weighted by molar-refractivity contribution is -0.132. The number of hydrogen-bond acceptors (Lipinski definition) is 4. The fourth-order valence-electron chi connectivity index (χ4n) is 3.18. The number of rotatable bonds is 4. The molecule has 1 N–H and O–H groups in total. The van der Waals surface area contributed by atoms with Crippen LogP contribution in [0.1, 0.15) is 56.7 Å². The second-order valence-electron chi connectivity index (χ2n) is 6.16. The summed E-state index contributed by atoms with van der Waals surface area (Å²) in [6.07, 6.45) is 7.83. The molecule has 1 amide bonds. The largest absolute Gasteiger partial charge is 0.382 e. The van der Waals surface area contributed by atoms with Gasteiger partial charge in [0.25, 0.3) is 5.91 Å². The molecule has 1 fully saturated rings. The molecule has 1 aliphatic heterocycles. The smallest absolute Gasteiger partial charge is 0.264 e. The molecular formula is C16H24N4O2. The number of amides is 1. The van der Waals surface area contributed by atoms with Gasteiger partial charge in [-0.2, -0.15) is 5.10 Å². The molecule has 0 saturated heterocycles. The molecule has 0 spiro atoms. The van der Waals surface area contributed by atoms with Gasteiger partial charge in [-0.1, -0.05) is 24.4 Å². The summed E-state index contributed by atoms with van der Waals surface area (Å²) in [5.41, 5.74) is 2.73. The minimum Gasteiger partial charge on any atom is -0.382 e. The van der Waals surface area contributed by atoms with E-state index in [1.807, 2.05) is 24.7 Å². The van der Waals surface area contributed by atoms with Crippen molar-refractivity contribution >= 4 is 11.6 Å². The van der Waals surface area contributed by atoms with Crippen molar-refractivity contribution in [1.29, 1.82) is 0 Å². The Balaban J connectivity index is 1.58. The van der Waals surface area contributed by atoms with E-state index in [1.165, 1.54) is 19.3 Å². The van der Waals surface area contributed by atoms with Crippen molar-refractivity contribution < 1.29 is 9.63 Å². The zero-order chi connectivity index (χ0) is 15.5. The zero-order valence-electron chi connectivity index (χ0n) is 13.3. The Morgan fingerprint density at radius 2 is 2.18 bits per heavy atom. The summed E-state index contributed by atoms with van der Waals surface area (Å²) in [6.45, 7) is 4.82. The van der Waals surface area contributed by atoms with E-state index in [0.717, 1.165) is 36.4 Å². The first-order valence-electron chi connectivity index (χ1n) is 8.25. The van der Waals surface area contributed by atoms with E-state index in [4.69, 9.17) is 4.84 Å². The summed E-state index contributed by atoms with van der Waals surface area (Å²) in [6, 6.07) is 0.304. The van der Waals surface area contributed by atoms with Crippen LogP contribution in [0.5, 0.6) is 0 Å². The van der Waals surface area contributed by atoms with Crippen LogP contribution in [0.15, 0.2) is 11.4 Å². The summed E-state index contributed by atoms with van der Waals surface area (Å²) in [5, 5.41) is 11.6. The normalized spacial score (nSPS) is 22.3. The lowest BCUT2D eigenvalue weighted by Crippen LogP contribution is -2.42. The van der Waals surface area contributed by atoms with Crippen molar-refractivity contribution in [2.75, 3.05) is 0 Å². The molecule has 1 aromatic rings. The molecule has 1 saturated carbocycles. The number of aryl methyl sites for hydroxylation is 2. The summed E-state index contributed by atoms with van der Waals surface area (Å²) < 4.78 is 1.88. The van der Waals surface area contributed by atoms with Crippen LogP contribution in [0, 0.1) is 6.92 Å². The Hall–Kier alpha value is -1.85. The van der Waals surface area contributed by atoms with Crippen LogP contribution in [-0.2, 0) is 16.2 Å². The van der Waals surface area contributed by atoms with E-state index in [0.29, 0.717) is 12.5 Å². The first-order valence-corrected chi connectivity index (χ1v) is 8.25. The minimum absolute atomic E-state index is 0.0359. The number of nitrogens with zero attached hydrogens (tertiary/aromatic N) is 3. The molecule has 1 atom stereocenters. The molecule has 2 heterocycles. The second kappa shape index (κ2) is 6.50. The van der Waals surface area contributed by atoms with Gasteiger partial charge in [0, 0.05) is 30.8 Å². The number of aromatic nitrogens is 2. The minimum atomic E-state index is -0.499. The maximum atomic E-state index is 12.3. The van der Waals surface area contributed by atoms with Crippen LogP contribution < -0.4 is 5.32 Å². The third-order valence-electron chi connectivity index (χ3n) is 4.49. The molecule has 6 nitrogen and oxygen atoms in total. The highest BCUT2D eigenvalue weighted by atomic mass is 16.6. The van der Waals surface area contributed by atoms with Crippen molar-refractivity contribution in [1.82, 2.24) is 15.1 Å². The van der Waals surface area contributed by atoms with Crippen LogP contribution in [0.4, 0.5) is 0 Å². The third kappa shape index (κ3) is 3.15. The van der Waals surface area contributed by atoms with Gasteiger partial charge in [0.15, 0.2) is 0 Å². The van der Waals surface area contributed by atoms with Gasteiger partial charge in [0.2, 0.25) is 6.10 Å². The van der Waals surface area contributed by atoms with Crippen molar-refractivity contribution in [3.63, 3.8) is 0 Å². The predicted molar refractivity (Wildman–Crippen MR) is 83.7 cm³/mol. The molecule has 1 unspecified atom stereocenters. The standard InChI is InChI=1S/C16H24N4O2/c1-3-20-10-13(11(2)18-20)14-9-15(22-19-14)16(21)17-12-7-5-4-6-8-12/h10,12,15H,3-9H2,1-2H3,(H,17,21). The topological polar surface area (TPSA) is 68.5 Å². The average Bonchev–Trinajstić information content (AvgIpc) is 3.14. The lowest BCUT2D eigenvalue weighted by atomic mass is 9.95. The number of nitrogens with one attached hydrogen (secondary N) is 1. The molecule has 2 aliphatic rings. The van der Waals surface area contributed by atoms with Crippen molar-refractivity contribution in [2.45, 2.75) is 71.1 Å². The summed E-state index contributed by atoms with van der Waals surface area (Å²) >= 11 is 0. The van der Waals surface area contributed by atoms with E-state index in [1.54, 1.807) is 0 Å². The Kier molecular flexibility index (Phi) is 4.45. The molecule has 1 aliphatic carbocycles. The number of hydrogen-bond donors (Lipinski definition) is 1. The first kappa shape index (κ1) is 15.1. The molecule has 3 rings (SSSR count). The van der Waals surface area contributed by atoms with Gasteiger partial charge in [-0.3, -0.25) is 9.48 Å². The number of carbonyl (C=O) groups is 1. The van der Waals surface area contributed by atoms with Crippen LogP contribution in [0.2, 0.25) is 0 Å². The van der Waals surface area contributed by atoms with Crippen LogP contribution in [-0.4, -0.2) is 33.5 Å².